The Morgan fingerprint density at radius 1 is 1.03 bits per heavy atom. The number of aromatic nitrogens is 2. The number of halogens is 1. The van der Waals surface area contributed by atoms with Crippen LogP contribution in [0.2, 0.25) is 0 Å². The van der Waals surface area contributed by atoms with Crippen LogP contribution in [0.1, 0.15) is 61.3 Å². The summed E-state index contributed by atoms with van der Waals surface area (Å²) in [6.07, 6.45) is 3.51. The molecule has 1 aromatic heterocycles. The molecule has 0 amide bonds. The number of carbonyl (C=O) groups is 3. The molecular formula is C22H16BrN3O5. The summed E-state index contributed by atoms with van der Waals surface area (Å²) in [6, 6.07) is 12.2. The van der Waals surface area contributed by atoms with Gasteiger partial charge in [-0.1, -0.05) is 24.3 Å². The van der Waals surface area contributed by atoms with E-state index in [9.17, 15) is 24.5 Å². The maximum absolute atomic E-state index is 13.2. The number of hydrogen-bond acceptors (Lipinski definition) is 5. The molecule has 0 radical (unpaired) electrons. The molecule has 9 heteroatoms. The van der Waals surface area contributed by atoms with Crippen LogP contribution in [-0.4, -0.2) is 26.8 Å². The molecular weight excluding hydrogens is 466 g/mol. The van der Waals surface area contributed by atoms with Gasteiger partial charge in [0, 0.05) is 28.8 Å². The third kappa shape index (κ3) is 3.40. The van der Waals surface area contributed by atoms with Crippen LogP contribution in [0.5, 0.6) is 0 Å². The summed E-state index contributed by atoms with van der Waals surface area (Å²) in [6.45, 7) is -0.138. The topological polar surface area (TPSA) is 103 Å². The molecule has 1 saturated carbocycles. The van der Waals surface area contributed by atoms with E-state index in [0.717, 1.165) is 12.8 Å². The highest BCUT2D eigenvalue weighted by Crippen LogP contribution is 2.38. The Labute approximate surface area is 187 Å². The first kappa shape index (κ1) is 20.8. The molecule has 1 heterocycles. The van der Waals surface area contributed by atoms with E-state index in [0.29, 0.717) is 22.4 Å². The van der Waals surface area contributed by atoms with Gasteiger partial charge in [-0.05, 0) is 25.0 Å². The Kier molecular flexibility index (Phi) is 5.14. The maximum atomic E-state index is 13.2. The van der Waals surface area contributed by atoms with Crippen molar-refractivity contribution in [3.63, 3.8) is 0 Å². The second-order valence-corrected chi connectivity index (χ2v) is 7.51. The average molecular weight is 482 g/mol. The molecule has 0 atom stereocenters. The second kappa shape index (κ2) is 7.66. The molecule has 31 heavy (non-hydrogen) atoms. The Hall–Kier alpha value is -3.46. The summed E-state index contributed by atoms with van der Waals surface area (Å²) in [5.41, 5.74) is 1.47. The zero-order chi connectivity index (χ0) is 21.0. The monoisotopic (exact) mass is 481 g/mol. The molecule has 2 aliphatic rings. The van der Waals surface area contributed by atoms with E-state index in [1.54, 1.807) is 30.6 Å². The smallest absolute Gasteiger partial charge is 0.269 e. The SMILES string of the molecule is O=C(C[n+]1cn(C2CC2)c2c1C(=O)c1ccccc1C2=O)c1ccc([N+](=O)[O-])cc1.[Br-]. The number of imidazole rings is 1. The predicted molar refractivity (Wildman–Crippen MR) is 104 cm³/mol. The van der Waals surface area contributed by atoms with Crippen molar-refractivity contribution in [2.75, 3.05) is 0 Å². The van der Waals surface area contributed by atoms with Crippen molar-refractivity contribution >= 4 is 23.0 Å². The molecule has 2 aromatic carbocycles. The molecule has 3 aromatic rings. The van der Waals surface area contributed by atoms with E-state index >= 15 is 0 Å². The van der Waals surface area contributed by atoms with Gasteiger partial charge in [0.1, 0.15) is 6.04 Å². The molecule has 1 fully saturated rings. The highest BCUT2D eigenvalue weighted by atomic mass is 79.9. The van der Waals surface area contributed by atoms with Gasteiger partial charge in [0.15, 0.2) is 6.54 Å². The van der Waals surface area contributed by atoms with Crippen molar-refractivity contribution in [2.45, 2.75) is 25.4 Å². The van der Waals surface area contributed by atoms with Crippen LogP contribution in [0.4, 0.5) is 5.69 Å². The number of hydrogen-bond donors (Lipinski definition) is 0. The van der Waals surface area contributed by atoms with Gasteiger partial charge in [0.25, 0.3) is 5.69 Å². The second-order valence-electron chi connectivity index (χ2n) is 7.51. The van der Waals surface area contributed by atoms with E-state index in [1.165, 1.54) is 28.8 Å². The van der Waals surface area contributed by atoms with Gasteiger partial charge in [0.2, 0.25) is 35.1 Å². The summed E-state index contributed by atoms with van der Waals surface area (Å²) in [7, 11) is 0. The summed E-state index contributed by atoms with van der Waals surface area (Å²) in [5, 5.41) is 10.8. The number of nitro groups is 1. The van der Waals surface area contributed by atoms with Gasteiger partial charge in [-0.25, -0.2) is 9.13 Å². The number of nitrogens with zero attached hydrogens (tertiary/aromatic N) is 3. The number of ketones is 3. The summed E-state index contributed by atoms with van der Waals surface area (Å²) in [5.74, 6) is -0.797. The highest BCUT2D eigenvalue weighted by Gasteiger charge is 2.45. The average Bonchev–Trinajstić information content (AvgIpc) is 3.53. The van der Waals surface area contributed by atoms with Crippen LogP contribution < -0.4 is 21.5 Å². The summed E-state index contributed by atoms with van der Waals surface area (Å²) >= 11 is 0. The number of Topliss-reactive ketones (excluding diaryl/α,β-unsaturated/α-hetero) is 1. The van der Waals surface area contributed by atoms with Crippen molar-refractivity contribution in [3.8, 4) is 0 Å². The van der Waals surface area contributed by atoms with Crippen molar-refractivity contribution in [3.05, 3.63) is 93.1 Å². The van der Waals surface area contributed by atoms with E-state index in [-0.39, 0.29) is 58.3 Å². The van der Waals surface area contributed by atoms with E-state index in [4.69, 9.17) is 0 Å². The molecule has 8 nitrogen and oxygen atoms in total. The lowest BCUT2D eigenvalue weighted by molar-refractivity contribution is -0.684. The zero-order valence-corrected chi connectivity index (χ0v) is 17.7. The van der Waals surface area contributed by atoms with Crippen LogP contribution in [-0.2, 0) is 6.54 Å². The van der Waals surface area contributed by atoms with E-state index in [1.807, 2.05) is 4.57 Å². The van der Waals surface area contributed by atoms with Crippen LogP contribution in [0, 0.1) is 10.1 Å². The Balaban J connectivity index is 0.00000231. The van der Waals surface area contributed by atoms with Crippen LogP contribution in [0.25, 0.3) is 0 Å². The fourth-order valence-corrected chi connectivity index (χ4v) is 3.89. The molecule has 0 aliphatic heterocycles. The minimum absolute atomic E-state index is 0. The number of nitro benzene ring substituents is 1. The third-order valence-corrected chi connectivity index (χ3v) is 5.53. The first-order valence-corrected chi connectivity index (χ1v) is 9.56. The van der Waals surface area contributed by atoms with Gasteiger partial charge in [-0.2, -0.15) is 0 Å². The Morgan fingerprint density at radius 2 is 1.65 bits per heavy atom. The Bertz CT molecular complexity index is 1260. The first-order valence-electron chi connectivity index (χ1n) is 9.56. The minimum atomic E-state index is -0.531. The number of carbonyl (C=O) groups excluding carboxylic acids is 3. The van der Waals surface area contributed by atoms with Crippen molar-refractivity contribution in [1.82, 2.24) is 4.57 Å². The molecule has 156 valence electrons. The van der Waals surface area contributed by atoms with Gasteiger partial charge in [-0.15, -0.1) is 0 Å². The van der Waals surface area contributed by atoms with Crippen molar-refractivity contribution in [2.24, 2.45) is 0 Å². The largest absolute Gasteiger partial charge is 1.00 e. The predicted octanol–water partition coefficient (Wildman–Crippen LogP) is -0.319. The number of rotatable bonds is 5. The van der Waals surface area contributed by atoms with Gasteiger partial charge in [0.05, 0.1) is 4.92 Å². The van der Waals surface area contributed by atoms with Crippen LogP contribution >= 0.6 is 0 Å². The lowest BCUT2D eigenvalue weighted by atomic mass is 9.90. The Morgan fingerprint density at radius 3 is 2.23 bits per heavy atom. The third-order valence-electron chi connectivity index (χ3n) is 5.53. The number of benzene rings is 2. The van der Waals surface area contributed by atoms with Crippen LogP contribution in [0.3, 0.4) is 0 Å². The lowest BCUT2D eigenvalue weighted by Crippen LogP contribution is -3.00. The van der Waals surface area contributed by atoms with Gasteiger partial charge >= 0.3 is 0 Å². The molecule has 0 spiro atoms. The van der Waals surface area contributed by atoms with Gasteiger partial charge in [-0.3, -0.25) is 24.5 Å². The quantitative estimate of drug-likeness (QED) is 0.168. The van der Waals surface area contributed by atoms with Gasteiger partial charge < -0.3 is 17.0 Å². The van der Waals surface area contributed by atoms with Crippen molar-refractivity contribution in [1.29, 1.82) is 0 Å². The normalized spacial score (nSPS) is 14.5. The molecule has 2 aliphatic carbocycles. The summed E-state index contributed by atoms with van der Waals surface area (Å²) < 4.78 is 3.35. The van der Waals surface area contributed by atoms with E-state index < -0.39 is 4.92 Å². The first-order chi connectivity index (χ1) is 14.5. The molecule has 0 saturated heterocycles. The van der Waals surface area contributed by atoms with E-state index in [2.05, 4.69) is 0 Å². The molecule has 0 bridgehead atoms. The molecule has 5 rings (SSSR count). The molecule has 0 N–H and O–H groups in total. The fourth-order valence-electron chi connectivity index (χ4n) is 3.89. The lowest BCUT2D eigenvalue weighted by Gasteiger charge is -2.12. The number of fused-ring (bicyclic) bond motifs is 2. The molecule has 0 unspecified atom stereocenters. The minimum Gasteiger partial charge on any atom is -1.00 e. The number of non-ortho nitro benzene ring substituents is 1. The van der Waals surface area contributed by atoms with Crippen LogP contribution in [0.15, 0.2) is 54.9 Å². The maximum Gasteiger partial charge on any atom is 0.269 e. The standard InChI is InChI=1S/C22H16N3O5.BrH/c26-18(13-5-7-15(8-6-13)25(29)30)11-23-12-24(14-9-10-14)20-19(23)21(27)16-3-1-2-4-17(16)22(20)28;/h1-8,12,14H,9-11H2;1H/q+1;/p-1. The zero-order valence-electron chi connectivity index (χ0n) is 16.2. The highest BCUT2D eigenvalue weighted by molar-refractivity contribution is 6.26. The van der Waals surface area contributed by atoms with Crippen molar-refractivity contribution < 1.29 is 40.9 Å². The fraction of sp³-hybridized carbons (Fsp3) is 0.182. The summed E-state index contributed by atoms with van der Waals surface area (Å²) in [4.78, 5) is 49.4.